The van der Waals surface area contributed by atoms with E-state index in [1.807, 2.05) is 0 Å². The lowest BCUT2D eigenvalue weighted by molar-refractivity contribution is 0.142. The van der Waals surface area contributed by atoms with E-state index in [9.17, 15) is 0 Å². The lowest BCUT2D eigenvalue weighted by Gasteiger charge is -2.36. The zero-order valence-electron chi connectivity index (χ0n) is 11.1. The molecule has 0 aliphatic carbocycles. The van der Waals surface area contributed by atoms with Gasteiger partial charge in [0.15, 0.2) is 0 Å². The molecule has 0 aromatic rings. The number of aliphatic hydroxyl groups excluding tert-OH is 1. The largest absolute Gasteiger partial charge is 0.396 e. The molecule has 0 bridgehead atoms. The first-order chi connectivity index (χ1) is 7.61. The van der Waals surface area contributed by atoms with Gasteiger partial charge in [-0.05, 0) is 44.7 Å². The van der Waals surface area contributed by atoms with Crippen LogP contribution in [0.5, 0.6) is 0 Å². The van der Waals surface area contributed by atoms with Gasteiger partial charge in [0.05, 0.1) is 0 Å². The van der Waals surface area contributed by atoms with Gasteiger partial charge in [-0.15, -0.1) is 0 Å². The van der Waals surface area contributed by atoms with Gasteiger partial charge in [0.25, 0.3) is 0 Å². The van der Waals surface area contributed by atoms with E-state index in [0.717, 1.165) is 32.0 Å². The van der Waals surface area contributed by atoms with Crippen molar-refractivity contribution in [2.45, 2.75) is 39.2 Å². The molecule has 0 spiro atoms. The molecule has 16 heavy (non-hydrogen) atoms. The molecule has 1 heterocycles. The molecule has 2 unspecified atom stereocenters. The number of likely N-dealkylation sites (N-methyl/N-ethyl adjacent to an activating group) is 1. The van der Waals surface area contributed by atoms with Crippen molar-refractivity contribution in [3.8, 4) is 0 Å². The third-order valence-electron chi connectivity index (χ3n) is 3.41. The zero-order valence-corrected chi connectivity index (χ0v) is 11.1. The van der Waals surface area contributed by atoms with Crippen LogP contribution in [0.25, 0.3) is 0 Å². The van der Waals surface area contributed by atoms with Crippen LogP contribution in [-0.4, -0.2) is 49.3 Å². The summed E-state index contributed by atoms with van der Waals surface area (Å²) in [6.45, 7) is 8.29. The van der Waals surface area contributed by atoms with Crippen molar-refractivity contribution in [1.82, 2.24) is 10.2 Å². The van der Waals surface area contributed by atoms with Gasteiger partial charge in [-0.2, -0.15) is 0 Å². The number of hydrogen-bond donors (Lipinski definition) is 2. The standard InChI is InChI=1S/C13H28N2O/c1-11(2)4-6-14-13-8-12(5-7-16)9-15(3)10-13/h11-14,16H,4-10H2,1-3H3. The Labute approximate surface area is 100 Å². The number of aliphatic hydroxyl groups is 1. The predicted octanol–water partition coefficient (Wildman–Crippen LogP) is 1.32. The van der Waals surface area contributed by atoms with Gasteiger partial charge >= 0.3 is 0 Å². The molecule has 1 saturated heterocycles. The summed E-state index contributed by atoms with van der Waals surface area (Å²) in [5, 5.41) is 12.6. The molecule has 3 heteroatoms. The van der Waals surface area contributed by atoms with E-state index < -0.39 is 0 Å². The van der Waals surface area contributed by atoms with Crippen molar-refractivity contribution in [3.05, 3.63) is 0 Å². The van der Waals surface area contributed by atoms with Crippen molar-refractivity contribution in [2.24, 2.45) is 11.8 Å². The van der Waals surface area contributed by atoms with Crippen molar-refractivity contribution in [2.75, 3.05) is 33.3 Å². The maximum atomic E-state index is 9.00. The molecule has 1 fully saturated rings. The Balaban J connectivity index is 2.24. The first-order valence-electron chi connectivity index (χ1n) is 6.64. The topological polar surface area (TPSA) is 35.5 Å². The van der Waals surface area contributed by atoms with Crippen LogP contribution in [0.4, 0.5) is 0 Å². The molecule has 1 rings (SSSR count). The van der Waals surface area contributed by atoms with E-state index in [1.165, 1.54) is 12.8 Å². The van der Waals surface area contributed by atoms with E-state index in [4.69, 9.17) is 5.11 Å². The summed E-state index contributed by atoms with van der Waals surface area (Å²) >= 11 is 0. The van der Waals surface area contributed by atoms with Crippen LogP contribution in [0.15, 0.2) is 0 Å². The number of piperidine rings is 1. The second-order valence-electron chi connectivity index (χ2n) is 5.67. The zero-order chi connectivity index (χ0) is 12.0. The van der Waals surface area contributed by atoms with Gasteiger partial charge in [-0.3, -0.25) is 0 Å². The highest BCUT2D eigenvalue weighted by Crippen LogP contribution is 2.18. The molecule has 0 amide bonds. The first kappa shape index (κ1) is 13.9. The van der Waals surface area contributed by atoms with Crippen molar-refractivity contribution < 1.29 is 5.11 Å². The monoisotopic (exact) mass is 228 g/mol. The third-order valence-corrected chi connectivity index (χ3v) is 3.41. The minimum absolute atomic E-state index is 0.331. The molecule has 0 radical (unpaired) electrons. The quantitative estimate of drug-likeness (QED) is 0.720. The fraction of sp³-hybridized carbons (Fsp3) is 1.00. The number of hydrogen-bond acceptors (Lipinski definition) is 3. The summed E-state index contributed by atoms with van der Waals surface area (Å²) in [7, 11) is 2.18. The lowest BCUT2D eigenvalue weighted by atomic mass is 9.92. The second-order valence-corrected chi connectivity index (χ2v) is 5.67. The highest BCUT2D eigenvalue weighted by Gasteiger charge is 2.24. The highest BCUT2D eigenvalue weighted by atomic mass is 16.3. The third kappa shape index (κ3) is 5.28. The van der Waals surface area contributed by atoms with Gasteiger partial charge < -0.3 is 15.3 Å². The van der Waals surface area contributed by atoms with Crippen LogP contribution in [-0.2, 0) is 0 Å². The van der Waals surface area contributed by atoms with Gasteiger partial charge in [0, 0.05) is 25.7 Å². The van der Waals surface area contributed by atoms with Gasteiger partial charge in [0.1, 0.15) is 0 Å². The Kier molecular flexibility index (Phi) is 6.32. The molecule has 2 atom stereocenters. The number of nitrogens with one attached hydrogen (secondary N) is 1. The number of rotatable bonds is 6. The van der Waals surface area contributed by atoms with Crippen LogP contribution < -0.4 is 5.32 Å². The summed E-state index contributed by atoms with van der Waals surface area (Å²) < 4.78 is 0. The smallest absolute Gasteiger partial charge is 0.0434 e. The molecule has 0 aromatic heterocycles. The average molecular weight is 228 g/mol. The molecule has 2 N–H and O–H groups in total. The van der Waals surface area contributed by atoms with E-state index in [0.29, 0.717) is 18.6 Å². The van der Waals surface area contributed by atoms with E-state index in [2.05, 4.69) is 31.1 Å². The Hall–Kier alpha value is -0.120. The molecule has 1 aliphatic heterocycles. The molecular formula is C13H28N2O. The predicted molar refractivity (Wildman–Crippen MR) is 68.6 cm³/mol. The van der Waals surface area contributed by atoms with Crippen molar-refractivity contribution in [3.63, 3.8) is 0 Å². The molecule has 96 valence electrons. The van der Waals surface area contributed by atoms with Crippen molar-refractivity contribution in [1.29, 1.82) is 0 Å². The number of likely N-dealkylation sites (tertiary alicyclic amines) is 1. The Morgan fingerprint density at radius 1 is 1.38 bits per heavy atom. The molecule has 1 aliphatic rings. The molecule has 0 aromatic carbocycles. The summed E-state index contributed by atoms with van der Waals surface area (Å²) in [5.41, 5.74) is 0. The minimum atomic E-state index is 0.331. The average Bonchev–Trinajstić information content (AvgIpc) is 2.16. The van der Waals surface area contributed by atoms with E-state index in [1.54, 1.807) is 0 Å². The summed E-state index contributed by atoms with van der Waals surface area (Å²) in [6.07, 6.45) is 3.43. The Morgan fingerprint density at radius 3 is 2.75 bits per heavy atom. The fourth-order valence-corrected chi connectivity index (χ4v) is 2.56. The van der Waals surface area contributed by atoms with Gasteiger partial charge in [-0.1, -0.05) is 13.8 Å². The van der Waals surface area contributed by atoms with Crippen molar-refractivity contribution >= 4 is 0 Å². The normalized spacial score (nSPS) is 27.6. The fourth-order valence-electron chi connectivity index (χ4n) is 2.56. The van der Waals surface area contributed by atoms with Crippen LogP contribution in [0.3, 0.4) is 0 Å². The maximum Gasteiger partial charge on any atom is 0.0434 e. The van der Waals surface area contributed by atoms with Crippen LogP contribution >= 0.6 is 0 Å². The Morgan fingerprint density at radius 2 is 2.12 bits per heavy atom. The molecule has 3 nitrogen and oxygen atoms in total. The minimum Gasteiger partial charge on any atom is -0.396 e. The Bertz CT molecular complexity index is 185. The lowest BCUT2D eigenvalue weighted by Crippen LogP contribution is -2.48. The summed E-state index contributed by atoms with van der Waals surface area (Å²) in [4.78, 5) is 2.39. The van der Waals surface area contributed by atoms with Crippen LogP contribution in [0.1, 0.15) is 33.1 Å². The molecule has 0 saturated carbocycles. The summed E-state index contributed by atoms with van der Waals surface area (Å²) in [6, 6.07) is 0.619. The molecular weight excluding hydrogens is 200 g/mol. The number of nitrogens with zero attached hydrogens (tertiary/aromatic N) is 1. The maximum absolute atomic E-state index is 9.00. The SMILES string of the molecule is CC(C)CCNC1CC(CCO)CN(C)C1. The van der Waals surface area contributed by atoms with E-state index >= 15 is 0 Å². The first-order valence-corrected chi connectivity index (χ1v) is 6.64. The van der Waals surface area contributed by atoms with Gasteiger partial charge in [0.2, 0.25) is 0 Å². The van der Waals surface area contributed by atoms with Crippen LogP contribution in [0, 0.1) is 11.8 Å². The van der Waals surface area contributed by atoms with Crippen LogP contribution in [0.2, 0.25) is 0 Å². The highest BCUT2D eigenvalue weighted by molar-refractivity contribution is 4.81. The van der Waals surface area contributed by atoms with E-state index in [-0.39, 0.29) is 0 Å². The summed E-state index contributed by atoms with van der Waals surface area (Å²) in [5.74, 6) is 1.45. The van der Waals surface area contributed by atoms with Gasteiger partial charge in [-0.25, -0.2) is 0 Å². The second kappa shape index (κ2) is 7.25.